The van der Waals surface area contributed by atoms with Crippen LogP contribution in [-0.2, 0) is 11.8 Å². The van der Waals surface area contributed by atoms with Gasteiger partial charge in [0.15, 0.2) is 5.82 Å². The SMILES string of the molecule is Cc1[nH]nc(NC[C@@H]2CCO[C@H]2c2nccn2C)c1C#N. The Bertz CT molecular complexity index is 667. The maximum Gasteiger partial charge on any atom is 0.166 e. The van der Waals surface area contributed by atoms with Crippen molar-refractivity contribution in [2.24, 2.45) is 13.0 Å². The summed E-state index contributed by atoms with van der Waals surface area (Å²) in [6, 6.07) is 2.16. The quantitative estimate of drug-likeness (QED) is 0.889. The van der Waals surface area contributed by atoms with Gasteiger partial charge in [-0.25, -0.2) is 4.98 Å². The second-order valence-electron chi connectivity index (χ2n) is 5.30. The van der Waals surface area contributed by atoms with Crippen molar-refractivity contribution >= 4 is 5.82 Å². The Hall–Kier alpha value is -2.33. The van der Waals surface area contributed by atoms with E-state index in [0.29, 0.717) is 23.8 Å². The molecule has 7 nitrogen and oxygen atoms in total. The van der Waals surface area contributed by atoms with Crippen LogP contribution < -0.4 is 5.32 Å². The third-order valence-electron chi connectivity index (χ3n) is 3.92. The van der Waals surface area contributed by atoms with Crippen LogP contribution in [0.15, 0.2) is 12.4 Å². The lowest BCUT2D eigenvalue weighted by atomic mass is 10.0. The van der Waals surface area contributed by atoms with E-state index >= 15 is 0 Å². The van der Waals surface area contributed by atoms with Crippen molar-refractivity contribution in [3.8, 4) is 6.07 Å². The Morgan fingerprint density at radius 3 is 3.19 bits per heavy atom. The highest BCUT2D eigenvalue weighted by Gasteiger charge is 2.32. The number of aromatic amines is 1. The summed E-state index contributed by atoms with van der Waals surface area (Å²) in [7, 11) is 1.97. The summed E-state index contributed by atoms with van der Waals surface area (Å²) in [5.74, 6) is 1.87. The number of aromatic nitrogens is 4. The number of rotatable bonds is 4. The van der Waals surface area contributed by atoms with Crippen LogP contribution >= 0.6 is 0 Å². The van der Waals surface area contributed by atoms with Gasteiger partial charge in [-0.3, -0.25) is 5.10 Å². The highest BCUT2D eigenvalue weighted by Crippen LogP contribution is 2.33. The zero-order chi connectivity index (χ0) is 14.8. The highest BCUT2D eigenvalue weighted by molar-refractivity contribution is 5.53. The van der Waals surface area contributed by atoms with Gasteiger partial charge in [-0.2, -0.15) is 10.4 Å². The van der Waals surface area contributed by atoms with Gasteiger partial charge in [-0.05, 0) is 13.3 Å². The van der Waals surface area contributed by atoms with E-state index in [2.05, 4.69) is 26.6 Å². The third kappa shape index (κ3) is 2.50. The summed E-state index contributed by atoms with van der Waals surface area (Å²) in [6.07, 6.45) is 4.66. The van der Waals surface area contributed by atoms with Crippen molar-refractivity contribution in [2.45, 2.75) is 19.4 Å². The van der Waals surface area contributed by atoms with Gasteiger partial charge in [-0.15, -0.1) is 0 Å². The topological polar surface area (TPSA) is 91.5 Å². The molecule has 0 amide bonds. The number of nitriles is 1. The zero-order valence-electron chi connectivity index (χ0n) is 12.1. The minimum atomic E-state index is -0.0110. The molecule has 0 aromatic carbocycles. The van der Waals surface area contributed by atoms with Crippen LogP contribution in [0.5, 0.6) is 0 Å². The third-order valence-corrected chi connectivity index (χ3v) is 3.92. The van der Waals surface area contributed by atoms with Crippen molar-refractivity contribution in [3.63, 3.8) is 0 Å². The smallest absolute Gasteiger partial charge is 0.166 e. The molecule has 2 atom stereocenters. The van der Waals surface area contributed by atoms with Gasteiger partial charge in [0, 0.05) is 38.5 Å². The molecule has 1 saturated heterocycles. The average Bonchev–Trinajstić information content (AvgIpc) is 3.16. The average molecular weight is 286 g/mol. The van der Waals surface area contributed by atoms with Crippen LogP contribution in [0.2, 0.25) is 0 Å². The number of aryl methyl sites for hydroxylation is 2. The maximum absolute atomic E-state index is 9.13. The molecule has 0 unspecified atom stereocenters. The van der Waals surface area contributed by atoms with Crippen molar-refractivity contribution < 1.29 is 4.74 Å². The summed E-state index contributed by atoms with van der Waals surface area (Å²) in [6.45, 7) is 3.27. The van der Waals surface area contributed by atoms with Crippen molar-refractivity contribution in [2.75, 3.05) is 18.5 Å². The summed E-state index contributed by atoms with van der Waals surface area (Å²) < 4.78 is 7.81. The summed E-state index contributed by atoms with van der Waals surface area (Å²) in [5, 5.41) is 19.3. The van der Waals surface area contributed by atoms with Gasteiger partial charge < -0.3 is 14.6 Å². The number of hydrogen-bond acceptors (Lipinski definition) is 5. The number of H-pyrrole nitrogens is 1. The second-order valence-corrected chi connectivity index (χ2v) is 5.30. The zero-order valence-corrected chi connectivity index (χ0v) is 12.1. The first-order valence-electron chi connectivity index (χ1n) is 6.98. The Morgan fingerprint density at radius 1 is 1.62 bits per heavy atom. The molecular formula is C14H18N6O. The van der Waals surface area contributed by atoms with Gasteiger partial charge in [-0.1, -0.05) is 0 Å². The number of nitrogens with zero attached hydrogens (tertiary/aromatic N) is 4. The van der Waals surface area contributed by atoms with Gasteiger partial charge in [0.1, 0.15) is 23.6 Å². The molecule has 0 radical (unpaired) electrons. The minimum absolute atomic E-state index is 0.0110. The Kier molecular flexibility index (Phi) is 3.62. The molecule has 1 fully saturated rings. The molecule has 3 heterocycles. The molecule has 21 heavy (non-hydrogen) atoms. The van der Waals surface area contributed by atoms with Crippen LogP contribution in [0.1, 0.15) is 29.6 Å². The van der Waals surface area contributed by atoms with E-state index in [1.165, 1.54) is 0 Å². The van der Waals surface area contributed by atoms with E-state index < -0.39 is 0 Å². The molecule has 1 aliphatic rings. The Morgan fingerprint density at radius 2 is 2.48 bits per heavy atom. The fraction of sp³-hybridized carbons (Fsp3) is 0.500. The molecule has 0 saturated carbocycles. The number of hydrogen-bond donors (Lipinski definition) is 2. The fourth-order valence-corrected chi connectivity index (χ4v) is 2.70. The number of nitrogens with one attached hydrogen (secondary N) is 2. The normalized spacial score (nSPS) is 21.4. The molecule has 2 aromatic rings. The van der Waals surface area contributed by atoms with Crippen LogP contribution in [0.4, 0.5) is 5.82 Å². The predicted molar refractivity (Wildman–Crippen MR) is 76.5 cm³/mol. The van der Waals surface area contributed by atoms with E-state index in [9.17, 15) is 0 Å². The largest absolute Gasteiger partial charge is 0.370 e. The van der Waals surface area contributed by atoms with Crippen molar-refractivity contribution in [1.82, 2.24) is 19.7 Å². The first-order chi connectivity index (χ1) is 10.2. The summed E-state index contributed by atoms with van der Waals surface area (Å²) >= 11 is 0. The van der Waals surface area contributed by atoms with Gasteiger partial charge in [0.25, 0.3) is 0 Å². The first-order valence-corrected chi connectivity index (χ1v) is 6.98. The lowest BCUT2D eigenvalue weighted by Crippen LogP contribution is -2.20. The van der Waals surface area contributed by atoms with E-state index in [1.54, 1.807) is 6.20 Å². The standard InChI is InChI=1S/C14H18N6O/c1-9-11(7-15)13(19-18-9)17-8-10-3-6-21-12(10)14-16-4-5-20(14)2/h4-5,10,12H,3,6,8H2,1-2H3,(H2,17,18,19)/t10-,12+/m0/s1. The van der Waals surface area contributed by atoms with Crippen LogP contribution in [0.25, 0.3) is 0 Å². The summed E-state index contributed by atoms with van der Waals surface area (Å²) in [5.41, 5.74) is 1.35. The number of anilines is 1. The lowest BCUT2D eigenvalue weighted by Gasteiger charge is -2.18. The minimum Gasteiger partial charge on any atom is -0.370 e. The van der Waals surface area contributed by atoms with E-state index in [0.717, 1.165) is 24.5 Å². The molecule has 0 bridgehead atoms. The highest BCUT2D eigenvalue weighted by atomic mass is 16.5. The molecular weight excluding hydrogens is 268 g/mol. The molecule has 1 aliphatic heterocycles. The van der Waals surface area contributed by atoms with Crippen LogP contribution in [0, 0.1) is 24.2 Å². The molecule has 2 aromatic heterocycles. The Labute approximate surface area is 122 Å². The molecule has 0 spiro atoms. The second kappa shape index (κ2) is 5.58. The fourth-order valence-electron chi connectivity index (χ4n) is 2.70. The monoisotopic (exact) mass is 286 g/mol. The van der Waals surface area contributed by atoms with E-state index in [4.69, 9.17) is 10.00 Å². The molecule has 0 aliphatic carbocycles. The molecule has 3 rings (SSSR count). The Balaban J connectivity index is 1.70. The molecule has 7 heteroatoms. The predicted octanol–water partition coefficient (Wildman–Crippen LogP) is 1.51. The van der Waals surface area contributed by atoms with Crippen LogP contribution in [0.3, 0.4) is 0 Å². The van der Waals surface area contributed by atoms with Crippen LogP contribution in [-0.4, -0.2) is 32.9 Å². The molecule has 110 valence electrons. The van der Waals surface area contributed by atoms with Crippen molar-refractivity contribution in [3.05, 3.63) is 29.5 Å². The van der Waals surface area contributed by atoms with Gasteiger partial charge in [0.05, 0.1) is 5.69 Å². The van der Waals surface area contributed by atoms with Crippen molar-refractivity contribution in [1.29, 1.82) is 5.26 Å². The molecule has 2 N–H and O–H groups in total. The van der Waals surface area contributed by atoms with Gasteiger partial charge in [0.2, 0.25) is 0 Å². The maximum atomic E-state index is 9.13. The van der Waals surface area contributed by atoms with Gasteiger partial charge >= 0.3 is 0 Å². The first kappa shape index (κ1) is 13.6. The van der Waals surface area contributed by atoms with E-state index in [-0.39, 0.29) is 6.10 Å². The number of ether oxygens (including phenoxy) is 1. The van der Waals surface area contributed by atoms with E-state index in [1.807, 2.05) is 24.7 Å². The summed E-state index contributed by atoms with van der Waals surface area (Å²) in [4.78, 5) is 4.38. The number of imidazole rings is 1. The lowest BCUT2D eigenvalue weighted by molar-refractivity contribution is 0.0839.